The Morgan fingerprint density at radius 1 is 0.920 bits per heavy atom. The molecule has 0 fully saturated rings. The minimum absolute atomic E-state index is 0.377. The Bertz CT molecular complexity index is 835. The van der Waals surface area contributed by atoms with E-state index in [2.05, 4.69) is 10.6 Å². The molecule has 5 nitrogen and oxygen atoms in total. The molecule has 0 aliphatic rings. The van der Waals surface area contributed by atoms with Crippen molar-refractivity contribution in [1.82, 2.24) is 0 Å². The summed E-state index contributed by atoms with van der Waals surface area (Å²) in [4.78, 5) is 25.0. The lowest BCUT2D eigenvalue weighted by atomic mass is 9.90. The van der Waals surface area contributed by atoms with Gasteiger partial charge in [-0.05, 0) is 56.3 Å². The van der Waals surface area contributed by atoms with Gasteiger partial charge in [-0.3, -0.25) is 9.59 Å². The number of hydrogen-bond donors (Lipinski definition) is 2. The number of rotatable bonds is 4. The molecule has 2 rings (SSSR count). The molecule has 0 aromatic heterocycles. The highest BCUT2D eigenvalue weighted by Crippen LogP contribution is 2.26. The lowest BCUT2D eigenvalue weighted by Gasteiger charge is -2.23. The molecule has 0 unspecified atom stereocenters. The average Bonchev–Trinajstić information content (AvgIpc) is 2.54. The lowest BCUT2D eigenvalue weighted by molar-refractivity contribution is -0.135. The predicted molar refractivity (Wildman–Crippen MR) is 98.7 cm³/mol. The fraction of sp³-hybridized carbons (Fsp3) is 0.167. The first-order chi connectivity index (χ1) is 11.7. The maximum absolute atomic E-state index is 12.5. The van der Waals surface area contributed by atoms with E-state index in [1.54, 1.807) is 42.5 Å². The number of carbonyl (C=O) groups excluding carboxylic acids is 2. The monoisotopic (exact) mass is 375 g/mol. The number of hydrogen-bond acceptors (Lipinski definition) is 3. The van der Waals surface area contributed by atoms with Gasteiger partial charge in [0.1, 0.15) is 5.41 Å². The Kier molecular flexibility index (Phi) is 5.68. The van der Waals surface area contributed by atoms with Gasteiger partial charge in [0.05, 0.1) is 11.6 Å². The highest BCUT2D eigenvalue weighted by atomic mass is 35.5. The molecule has 2 aromatic carbocycles. The number of nitriles is 1. The highest BCUT2D eigenvalue weighted by molar-refractivity contribution is 6.35. The van der Waals surface area contributed by atoms with Crippen LogP contribution in [0.1, 0.15) is 19.4 Å². The first-order valence-corrected chi connectivity index (χ1v) is 8.07. The van der Waals surface area contributed by atoms with Gasteiger partial charge >= 0.3 is 0 Å². The van der Waals surface area contributed by atoms with Crippen molar-refractivity contribution in [3.05, 3.63) is 58.1 Å². The molecule has 0 aliphatic heterocycles. The lowest BCUT2D eigenvalue weighted by Crippen LogP contribution is -2.41. The van der Waals surface area contributed by atoms with Crippen LogP contribution in [0.15, 0.2) is 42.5 Å². The van der Waals surface area contributed by atoms with Crippen molar-refractivity contribution < 1.29 is 9.59 Å². The number of nitrogens with zero attached hydrogens (tertiary/aromatic N) is 1. The molecule has 2 amide bonds. The van der Waals surface area contributed by atoms with E-state index in [0.717, 1.165) is 0 Å². The van der Waals surface area contributed by atoms with E-state index in [4.69, 9.17) is 28.5 Å². The van der Waals surface area contributed by atoms with Gasteiger partial charge in [-0.1, -0.05) is 23.2 Å². The molecule has 128 valence electrons. The summed E-state index contributed by atoms with van der Waals surface area (Å²) >= 11 is 11.8. The zero-order valence-corrected chi connectivity index (χ0v) is 15.1. The molecule has 25 heavy (non-hydrogen) atoms. The van der Waals surface area contributed by atoms with Crippen molar-refractivity contribution in [2.45, 2.75) is 13.8 Å². The second-order valence-electron chi connectivity index (χ2n) is 5.88. The van der Waals surface area contributed by atoms with Crippen LogP contribution in [0.2, 0.25) is 10.0 Å². The number of nitrogens with one attached hydrogen (secondary N) is 2. The van der Waals surface area contributed by atoms with Crippen LogP contribution < -0.4 is 10.6 Å². The van der Waals surface area contributed by atoms with Gasteiger partial charge in [0.15, 0.2) is 0 Å². The average molecular weight is 376 g/mol. The molecule has 0 spiro atoms. The zero-order valence-electron chi connectivity index (χ0n) is 13.6. The molecule has 7 heteroatoms. The molecular formula is C18H15Cl2N3O2. The topological polar surface area (TPSA) is 82.0 Å². The fourth-order valence-electron chi connectivity index (χ4n) is 1.93. The standard InChI is InChI=1S/C18H15Cl2N3O2/c1-18(2,16(24)22-14-5-3-11(10-21)4-6-14)17(25)23-15-8-12(19)7-13(20)9-15/h3-9H,1-2H3,(H,22,24)(H,23,25). The summed E-state index contributed by atoms with van der Waals surface area (Å²) in [6, 6.07) is 13.0. The van der Waals surface area contributed by atoms with Gasteiger partial charge in [-0.15, -0.1) is 0 Å². The quantitative estimate of drug-likeness (QED) is 0.773. The van der Waals surface area contributed by atoms with Crippen molar-refractivity contribution in [3.8, 4) is 6.07 Å². The summed E-state index contributed by atoms with van der Waals surface area (Å²) in [6.07, 6.45) is 0. The third-order valence-electron chi connectivity index (χ3n) is 3.53. The van der Waals surface area contributed by atoms with Gasteiger partial charge in [-0.25, -0.2) is 0 Å². The second kappa shape index (κ2) is 7.56. The third-order valence-corrected chi connectivity index (χ3v) is 3.96. The summed E-state index contributed by atoms with van der Waals surface area (Å²) in [7, 11) is 0. The maximum Gasteiger partial charge on any atom is 0.239 e. The Labute approximate surface area is 155 Å². The Morgan fingerprint density at radius 2 is 1.40 bits per heavy atom. The first kappa shape index (κ1) is 18.8. The van der Waals surface area contributed by atoms with Gasteiger partial charge in [0.2, 0.25) is 11.8 Å². The van der Waals surface area contributed by atoms with E-state index in [1.807, 2.05) is 6.07 Å². The number of anilines is 2. The van der Waals surface area contributed by atoms with E-state index >= 15 is 0 Å². The summed E-state index contributed by atoms with van der Waals surface area (Å²) in [5.41, 5.74) is 0.0353. The number of amides is 2. The van der Waals surface area contributed by atoms with Crippen LogP contribution in [0, 0.1) is 16.7 Å². The molecule has 0 saturated heterocycles. The van der Waals surface area contributed by atoms with Crippen LogP contribution in [-0.2, 0) is 9.59 Å². The van der Waals surface area contributed by atoms with E-state index < -0.39 is 17.2 Å². The SMILES string of the molecule is CC(C)(C(=O)Nc1ccc(C#N)cc1)C(=O)Nc1cc(Cl)cc(Cl)c1. The largest absolute Gasteiger partial charge is 0.325 e. The van der Waals surface area contributed by atoms with Crippen LogP contribution in [0.5, 0.6) is 0 Å². The van der Waals surface area contributed by atoms with Gasteiger partial charge in [0.25, 0.3) is 0 Å². The number of carbonyl (C=O) groups is 2. The van der Waals surface area contributed by atoms with E-state index in [9.17, 15) is 9.59 Å². The van der Waals surface area contributed by atoms with Gasteiger partial charge in [-0.2, -0.15) is 5.26 Å². The van der Waals surface area contributed by atoms with Crippen LogP contribution in [0.4, 0.5) is 11.4 Å². The molecule has 0 bridgehead atoms. The smallest absolute Gasteiger partial charge is 0.239 e. The fourth-order valence-corrected chi connectivity index (χ4v) is 2.46. The van der Waals surface area contributed by atoms with Crippen molar-refractivity contribution in [3.63, 3.8) is 0 Å². The van der Waals surface area contributed by atoms with Crippen molar-refractivity contribution in [2.24, 2.45) is 5.41 Å². The molecule has 0 radical (unpaired) electrons. The predicted octanol–water partition coefficient (Wildman–Crippen LogP) is 4.47. The molecule has 2 aromatic rings. The molecule has 0 heterocycles. The van der Waals surface area contributed by atoms with E-state index in [-0.39, 0.29) is 0 Å². The second-order valence-corrected chi connectivity index (χ2v) is 6.75. The minimum Gasteiger partial charge on any atom is -0.325 e. The summed E-state index contributed by atoms with van der Waals surface area (Å²) in [6.45, 7) is 3.01. The van der Waals surface area contributed by atoms with Crippen LogP contribution in [-0.4, -0.2) is 11.8 Å². The van der Waals surface area contributed by atoms with Crippen LogP contribution in [0.3, 0.4) is 0 Å². The van der Waals surface area contributed by atoms with Crippen LogP contribution in [0.25, 0.3) is 0 Å². The van der Waals surface area contributed by atoms with Crippen molar-refractivity contribution in [1.29, 1.82) is 5.26 Å². The highest BCUT2D eigenvalue weighted by Gasteiger charge is 2.36. The van der Waals surface area contributed by atoms with Gasteiger partial charge < -0.3 is 10.6 Å². The van der Waals surface area contributed by atoms with Gasteiger partial charge in [0, 0.05) is 21.4 Å². The molecule has 2 N–H and O–H groups in total. The first-order valence-electron chi connectivity index (χ1n) is 7.31. The Balaban J connectivity index is 2.11. The summed E-state index contributed by atoms with van der Waals surface area (Å²) < 4.78 is 0. The normalized spacial score (nSPS) is 10.7. The maximum atomic E-state index is 12.5. The number of benzene rings is 2. The Hall–Kier alpha value is -2.55. The van der Waals surface area contributed by atoms with E-state index in [1.165, 1.54) is 13.8 Å². The van der Waals surface area contributed by atoms with Crippen molar-refractivity contribution in [2.75, 3.05) is 10.6 Å². The van der Waals surface area contributed by atoms with Crippen molar-refractivity contribution >= 4 is 46.4 Å². The molecule has 0 saturated carbocycles. The van der Waals surface area contributed by atoms with E-state index in [0.29, 0.717) is 27.0 Å². The van der Waals surface area contributed by atoms with Crippen LogP contribution >= 0.6 is 23.2 Å². The Morgan fingerprint density at radius 3 is 1.88 bits per heavy atom. The molecule has 0 aliphatic carbocycles. The third kappa shape index (κ3) is 4.72. The molecule has 0 atom stereocenters. The zero-order chi connectivity index (χ0) is 18.6. The summed E-state index contributed by atoms with van der Waals surface area (Å²) in [5, 5.41) is 14.8. The molecular weight excluding hydrogens is 361 g/mol. The summed E-state index contributed by atoms with van der Waals surface area (Å²) in [5.74, 6) is -0.986. The number of halogens is 2. The minimum atomic E-state index is -1.34.